The average molecular weight is 421 g/mol. The zero-order valence-electron chi connectivity index (χ0n) is 18.5. The summed E-state index contributed by atoms with van der Waals surface area (Å²) in [6.45, 7) is 3.78. The van der Waals surface area contributed by atoms with Crippen molar-refractivity contribution >= 4 is 17.5 Å². The molecule has 2 aliphatic rings. The highest BCUT2D eigenvalue weighted by Gasteiger charge is 2.32. The van der Waals surface area contributed by atoms with Crippen LogP contribution in [0.4, 0.5) is 5.69 Å². The lowest BCUT2D eigenvalue weighted by atomic mass is 9.93. The Kier molecular flexibility index (Phi) is 6.66. The van der Waals surface area contributed by atoms with Gasteiger partial charge in [-0.2, -0.15) is 0 Å². The number of likely N-dealkylation sites (N-methyl/N-ethyl adjacent to an activating group) is 1. The lowest BCUT2D eigenvalue weighted by molar-refractivity contribution is -0.118. The molecule has 2 atom stereocenters. The quantitative estimate of drug-likeness (QED) is 0.743. The second-order valence-corrected chi connectivity index (χ2v) is 8.65. The van der Waals surface area contributed by atoms with Crippen molar-refractivity contribution in [2.75, 3.05) is 25.0 Å². The molecule has 6 nitrogen and oxygen atoms in total. The molecule has 1 aromatic heterocycles. The number of hydrogen-bond donors (Lipinski definition) is 0. The van der Waals surface area contributed by atoms with Crippen molar-refractivity contribution in [3.05, 3.63) is 59.9 Å². The molecule has 0 aliphatic carbocycles. The molecule has 2 bridgehead atoms. The lowest BCUT2D eigenvalue weighted by Gasteiger charge is -2.41. The van der Waals surface area contributed by atoms with E-state index in [1.807, 2.05) is 47.1 Å². The van der Waals surface area contributed by atoms with Crippen molar-refractivity contribution in [2.24, 2.45) is 0 Å². The zero-order chi connectivity index (χ0) is 21.8. The summed E-state index contributed by atoms with van der Waals surface area (Å²) < 4.78 is 0. The Labute approximate surface area is 184 Å². The van der Waals surface area contributed by atoms with Crippen LogP contribution in [0.15, 0.2) is 48.8 Å². The normalized spacial score (nSPS) is 22.4. The van der Waals surface area contributed by atoms with Crippen LogP contribution in [0, 0.1) is 0 Å². The number of amides is 2. The number of carbonyl (C=O) groups excluding carboxylic acids is 2. The largest absolute Gasteiger partial charge is 0.333 e. The minimum atomic E-state index is -0.00829. The third-order valence-corrected chi connectivity index (χ3v) is 6.79. The van der Waals surface area contributed by atoms with Crippen molar-refractivity contribution in [3.63, 3.8) is 0 Å². The van der Waals surface area contributed by atoms with E-state index in [9.17, 15) is 9.59 Å². The van der Waals surface area contributed by atoms with Gasteiger partial charge in [-0.05, 0) is 50.1 Å². The van der Waals surface area contributed by atoms with Crippen LogP contribution in [0.1, 0.15) is 54.9 Å². The fraction of sp³-hybridized carbons (Fsp3) is 0.480. The number of aromatic nitrogens is 1. The predicted octanol–water partition coefficient (Wildman–Crippen LogP) is 3.72. The van der Waals surface area contributed by atoms with Gasteiger partial charge in [0.1, 0.15) is 0 Å². The summed E-state index contributed by atoms with van der Waals surface area (Å²) in [4.78, 5) is 36.8. The maximum atomic E-state index is 13.5. The van der Waals surface area contributed by atoms with Gasteiger partial charge in [-0.3, -0.25) is 19.5 Å². The fourth-order valence-electron chi connectivity index (χ4n) is 4.97. The zero-order valence-corrected chi connectivity index (χ0v) is 18.5. The number of anilines is 1. The van der Waals surface area contributed by atoms with E-state index in [2.05, 4.69) is 16.9 Å². The van der Waals surface area contributed by atoms with Gasteiger partial charge in [0.25, 0.3) is 5.91 Å². The smallest absolute Gasteiger partial charge is 0.255 e. The van der Waals surface area contributed by atoms with Crippen molar-refractivity contribution in [3.8, 4) is 0 Å². The first-order chi connectivity index (χ1) is 15.1. The molecule has 0 radical (unpaired) electrons. The molecule has 2 aromatic rings. The van der Waals surface area contributed by atoms with E-state index in [1.54, 1.807) is 18.5 Å². The van der Waals surface area contributed by atoms with E-state index < -0.39 is 0 Å². The van der Waals surface area contributed by atoms with Crippen LogP contribution in [-0.4, -0.2) is 58.8 Å². The number of nitrogens with zero attached hydrogens (tertiary/aromatic N) is 4. The van der Waals surface area contributed by atoms with E-state index in [-0.39, 0.29) is 11.8 Å². The Morgan fingerprint density at radius 2 is 1.87 bits per heavy atom. The third kappa shape index (κ3) is 4.64. The van der Waals surface area contributed by atoms with Crippen LogP contribution in [0.25, 0.3) is 0 Å². The first-order valence-electron chi connectivity index (χ1n) is 11.4. The number of rotatable bonds is 2. The van der Waals surface area contributed by atoms with Gasteiger partial charge in [0, 0.05) is 56.2 Å². The van der Waals surface area contributed by atoms with Gasteiger partial charge in [-0.1, -0.05) is 31.5 Å². The molecule has 2 aliphatic heterocycles. The Balaban J connectivity index is 1.75. The highest BCUT2D eigenvalue weighted by molar-refractivity contribution is 5.95. The molecule has 1 fully saturated rings. The number of pyridine rings is 1. The van der Waals surface area contributed by atoms with Gasteiger partial charge in [-0.25, -0.2) is 0 Å². The average Bonchev–Trinajstić information content (AvgIpc) is 2.82. The summed E-state index contributed by atoms with van der Waals surface area (Å²) in [5, 5.41) is 0. The monoisotopic (exact) mass is 420 g/mol. The standard InChI is InChI=1S/C25H32N4O2/c1-3-24(30)29-15-13-21-10-6-11-22(27(21)2)18-28(17-20-8-4-5-12-23(20)29)25(31)19-9-7-14-26-16-19/h4-5,7-9,12,14,16,21-22H,3,6,10-11,13,15,17-18H2,1-2H3. The van der Waals surface area contributed by atoms with E-state index in [0.717, 1.165) is 36.9 Å². The van der Waals surface area contributed by atoms with Crippen molar-refractivity contribution in [2.45, 2.75) is 57.7 Å². The number of fused-ring (bicyclic) bond motifs is 3. The first kappa shape index (κ1) is 21.5. The molecular weight excluding hydrogens is 388 g/mol. The minimum absolute atomic E-state index is 0.00829. The third-order valence-electron chi connectivity index (χ3n) is 6.79. The van der Waals surface area contributed by atoms with E-state index in [4.69, 9.17) is 0 Å². The molecule has 31 heavy (non-hydrogen) atoms. The van der Waals surface area contributed by atoms with Gasteiger partial charge < -0.3 is 9.80 Å². The van der Waals surface area contributed by atoms with Crippen LogP contribution in [-0.2, 0) is 11.3 Å². The highest BCUT2D eigenvalue weighted by atomic mass is 16.2. The fourth-order valence-corrected chi connectivity index (χ4v) is 4.97. The number of hydrogen-bond acceptors (Lipinski definition) is 4. The second kappa shape index (κ2) is 9.60. The molecule has 0 spiro atoms. The van der Waals surface area contributed by atoms with Crippen LogP contribution in [0.5, 0.6) is 0 Å². The first-order valence-corrected chi connectivity index (χ1v) is 11.4. The van der Waals surface area contributed by atoms with E-state index in [0.29, 0.717) is 43.7 Å². The lowest BCUT2D eigenvalue weighted by Crippen LogP contribution is -2.50. The van der Waals surface area contributed by atoms with E-state index in [1.165, 1.54) is 0 Å². The SMILES string of the molecule is CCC(=O)N1CCC2CCCC(CN(C(=O)c3cccnc3)Cc3ccccc31)N2C. The van der Waals surface area contributed by atoms with Gasteiger partial charge in [0.05, 0.1) is 5.56 Å². The summed E-state index contributed by atoms with van der Waals surface area (Å²) in [5.41, 5.74) is 2.55. The molecule has 1 aromatic carbocycles. The maximum Gasteiger partial charge on any atom is 0.255 e. The molecule has 0 saturated carbocycles. The molecule has 6 heteroatoms. The summed E-state index contributed by atoms with van der Waals surface area (Å²) in [6, 6.07) is 12.4. The predicted molar refractivity (Wildman–Crippen MR) is 122 cm³/mol. The van der Waals surface area contributed by atoms with Crippen LogP contribution < -0.4 is 4.90 Å². The molecule has 2 amide bonds. The van der Waals surface area contributed by atoms with Gasteiger partial charge in [-0.15, -0.1) is 0 Å². The van der Waals surface area contributed by atoms with Crippen LogP contribution in [0.2, 0.25) is 0 Å². The molecule has 3 heterocycles. The maximum absolute atomic E-state index is 13.5. The van der Waals surface area contributed by atoms with Gasteiger partial charge >= 0.3 is 0 Å². The Bertz CT molecular complexity index is 917. The Morgan fingerprint density at radius 1 is 1.06 bits per heavy atom. The molecule has 1 saturated heterocycles. The number of carbonyl (C=O) groups is 2. The molecular formula is C25H32N4O2. The number of para-hydroxylation sites is 1. The number of piperidine rings is 1. The molecule has 164 valence electrons. The minimum Gasteiger partial charge on any atom is -0.333 e. The number of benzene rings is 1. The van der Waals surface area contributed by atoms with Crippen molar-refractivity contribution in [1.82, 2.24) is 14.8 Å². The summed E-state index contributed by atoms with van der Waals surface area (Å²) in [5.74, 6) is 0.123. The summed E-state index contributed by atoms with van der Waals surface area (Å²) in [7, 11) is 2.18. The van der Waals surface area contributed by atoms with E-state index >= 15 is 0 Å². The van der Waals surface area contributed by atoms with Crippen LogP contribution >= 0.6 is 0 Å². The molecule has 4 rings (SSSR count). The van der Waals surface area contributed by atoms with Gasteiger partial charge in [0.2, 0.25) is 5.91 Å². The molecule has 2 unspecified atom stereocenters. The Morgan fingerprint density at radius 3 is 2.65 bits per heavy atom. The van der Waals surface area contributed by atoms with Crippen LogP contribution in [0.3, 0.4) is 0 Å². The summed E-state index contributed by atoms with van der Waals surface area (Å²) >= 11 is 0. The summed E-state index contributed by atoms with van der Waals surface area (Å²) in [6.07, 6.45) is 8.12. The highest BCUT2D eigenvalue weighted by Crippen LogP contribution is 2.30. The van der Waals surface area contributed by atoms with Crippen molar-refractivity contribution < 1.29 is 9.59 Å². The Hall–Kier alpha value is -2.73. The topological polar surface area (TPSA) is 56.8 Å². The molecule has 0 N–H and O–H groups in total. The van der Waals surface area contributed by atoms with Crippen molar-refractivity contribution in [1.29, 1.82) is 0 Å². The van der Waals surface area contributed by atoms with Gasteiger partial charge in [0.15, 0.2) is 0 Å². The second-order valence-electron chi connectivity index (χ2n) is 8.65.